The average molecular weight is 1140 g/mol. The van der Waals surface area contributed by atoms with Crippen molar-refractivity contribution in [2.24, 2.45) is 0 Å². The van der Waals surface area contributed by atoms with Crippen LogP contribution in [-0.4, -0.2) is 175 Å². The number of alkyl carbamates (subject to hydrolysis) is 2. The molecule has 20 nitrogen and oxygen atoms in total. The van der Waals surface area contributed by atoms with Crippen molar-refractivity contribution in [1.82, 2.24) is 16.0 Å². The van der Waals surface area contributed by atoms with E-state index in [0.29, 0.717) is 24.2 Å². The van der Waals surface area contributed by atoms with Crippen LogP contribution >= 0.6 is 0 Å². The number of unbranched alkanes of at least 4 members (excludes halogenated alkanes) is 28. The predicted octanol–water partition coefficient (Wildman–Crippen LogP) is 7.34. The van der Waals surface area contributed by atoms with Crippen molar-refractivity contribution in [2.75, 3.05) is 39.5 Å². The van der Waals surface area contributed by atoms with Crippen LogP contribution in [0.5, 0.6) is 0 Å². The zero-order valence-corrected chi connectivity index (χ0v) is 49.1. The summed E-state index contributed by atoms with van der Waals surface area (Å²) in [6, 6.07) is 6.41. The van der Waals surface area contributed by atoms with E-state index in [9.17, 15) is 60.4 Å². The molecule has 4 unspecified atom stereocenters. The molecular weight excluding hydrogens is 1030 g/mol. The number of benzene rings is 1. The van der Waals surface area contributed by atoms with E-state index in [2.05, 4.69) is 29.8 Å². The van der Waals surface area contributed by atoms with Gasteiger partial charge in [-0.1, -0.05) is 206 Å². The van der Waals surface area contributed by atoms with Crippen LogP contribution in [0, 0.1) is 0 Å². The number of aliphatic hydroxyl groups excluding tert-OH is 8. The summed E-state index contributed by atoms with van der Waals surface area (Å²) in [5.41, 5.74) is -0.460. The zero-order chi connectivity index (χ0) is 58.8. The molecule has 9 atom stereocenters. The van der Waals surface area contributed by atoms with Crippen molar-refractivity contribution in [3.8, 4) is 0 Å². The fraction of sp³-hybridized carbons (Fsp3) is 0.833. The lowest BCUT2D eigenvalue weighted by atomic mass is 9.98. The Balaban J connectivity index is 1.93. The van der Waals surface area contributed by atoms with Crippen molar-refractivity contribution < 1.29 is 84.1 Å². The van der Waals surface area contributed by atoms with Gasteiger partial charge in [-0.25, -0.2) is 9.59 Å². The molecule has 1 aliphatic rings. The van der Waals surface area contributed by atoms with Crippen molar-refractivity contribution in [3.63, 3.8) is 0 Å². The van der Waals surface area contributed by atoms with Gasteiger partial charge in [-0.15, -0.1) is 0 Å². The van der Waals surface area contributed by atoms with Gasteiger partial charge in [0.05, 0.1) is 13.2 Å². The highest BCUT2D eigenvalue weighted by Crippen LogP contribution is 2.26. The number of rotatable bonds is 48. The minimum absolute atomic E-state index is 0.172. The first-order valence-electron chi connectivity index (χ1n) is 30.7. The molecule has 0 bridgehead atoms. The fourth-order valence-corrected chi connectivity index (χ4v) is 9.58. The molecular formula is C60H109N4O16+. The standard InChI is InChI=1S/C60H108N4O16/c1-4-6-8-10-12-14-16-18-20-22-24-26-28-30-32-38-61-58(74)77-44-60(3,45-78-59(75)62-39-33-31-29-27-25-23-21-19-17-15-13-11-9-7-5-2)64(76)41-47-36-34-46(35-37-47)40-63-56(73)53(71)52(70)55(48(67)42-65)80-57-54(72)51(69)50(68)49(43-66)79-57/h34-37,41,48-55,57,65-72H,4-33,38-40,42-45H2,1-3H3,(H3-,61,62,63,73,74,75,76)/p+1/t48?,49?,50-,51-,52-,53?,54?,55+,57-/m0/s1. The van der Waals surface area contributed by atoms with Crippen LogP contribution in [0.1, 0.15) is 225 Å². The van der Waals surface area contributed by atoms with E-state index in [1.54, 1.807) is 31.2 Å². The fourth-order valence-electron chi connectivity index (χ4n) is 9.58. The second-order valence-corrected chi connectivity index (χ2v) is 22.3. The highest BCUT2D eigenvalue weighted by molar-refractivity contribution is 5.81. The Labute approximate surface area is 478 Å². The zero-order valence-electron chi connectivity index (χ0n) is 49.1. The van der Waals surface area contributed by atoms with Crippen molar-refractivity contribution in [1.29, 1.82) is 0 Å². The number of hydrogen-bond acceptors (Lipinski definition) is 16. The molecule has 0 spiro atoms. The minimum atomic E-state index is -2.25. The SMILES string of the molecule is CCCCCCCCCCCCCCCCCNC(=O)OCC(C)(COC(=O)NCCCCCCCCCCCCCCCCC)[N+](O)=Cc1ccc(CNC(=O)C(O)[C@H](O)[C@H](O[C@@H]2OC(CO)[C@H](O)[C@H](O)C2O)C(O)CO)cc1. The Morgan fingerprint density at radius 3 is 1.39 bits per heavy atom. The van der Waals surface area contributed by atoms with Gasteiger partial charge in [0.25, 0.3) is 11.4 Å². The first-order chi connectivity index (χ1) is 38.6. The topological polar surface area (TPSA) is 309 Å². The van der Waals surface area contributed by atoms with Crippen LogP contribution in [0.25, 0.3) is 0 Å². The lowest BCUT2D eigenvalue weighted by Gasteiger charge is -2.42. The summed E-state index contributed by atoms with van der Waals surface area (Å²) < 4.78 is 22.6. The summed E-state index contributed by atoms with van der Waals surface area (Å²) in [4.78, 5) is 38.8. The van der Waals surface area contributed by atoms with Gasteiger partial charge in [-0.05, 0) is 35.3 Å². The van der Waals surface area contributed by atoms with Crippen LogP contribution in [0.2, 0.25) is 0 Å². The Hall–Kier alpha value is -3.70. The number of ether oxygens (including phenoxy) is 4. The summed E-state index contributed by atoms with van der Waals surface area (Å²) >= 11 is 0. The molecule has 2 rings (SSSR count). The molecule has 1 fully saturated rings. The number of hydrogen-bond donors (Lipinski definition) is 12. The Kier molecular flexibility index (Phi) is 40.6. The highest BCUT2D eigenvalue weighted by Gasteiger charge is 2.47. The molecule has 0 aromatic heterocycles. The molecule has 1 saturated heterocycles. The molecule has 1 aromatic carbocycles. The number of amides is 3. The molecule has 0 aliphatic carbocycles. The second-order valence-electron chi connectivity index (χ2n) is 22.3. The van der Waals surface area contributed by atoms with E-state index in [1.165, 1.54) is 160 Å². The number of carbonyl (C=O) groups excluding carboxylic acids is 3. The van der Waals surface area contributed by atoms with Gasteiger partial charge in [0.1, 0.15) is 42.7 Å². The van der Waals surface area contributed by atoms with E-state index in [0.717, 1.165) is 43.3 Å². The van der Waals surface area contributed by atoms with Gasteiger partial charge in [-0.2, -0.15) is 0 Å². The lowest BCUT2D eigenvalue weighted by molar-refractivity contribution is -0.823. The van der Waals surface area contributed by atoms with E-state index in [1.807, 2.05) is 0 Å². The maximum Gasteiger partial charge on any atom is 0.407 e. The molecule has 464 valence electrons. The third-order valence-corrected chi connectivity index (χ3v) is 15.0. The molecule has 0 saturated carbocycles. The molecule has 80 heavy (non-hydrogen) atoms. The van der Waals surface area contributed by atoms with Crippen LogP contribution in [0.4, 0.5) is 9.59 Å². The number of aliphatic hydroxyl groups is 8. The maximum atomic E-state index is 13.0. The molecule has 1 aliphatic heterocycles. The van der Waals surface area contributed by atoms with E-state index in [4.69, 9.17) is 18.9 Å². The van der Waals surface area contributed by atoms with Crippen LogP contribution in [0.3, 0.4) is 0 Å². The van der Waals surface area contributed by atoms with Gasteiger partial charge in [0.2, 0.25) is 6.21 Å². The molecule has 1 heterocycles. The van der Waals surface area contributed by atoms with E-state index < -0.39 is 92.0 Å². The highest BCUT2D eigenvalue weighted by atomic mass is 16.7. The largest absolute Gasteiger partial charge is 0.442 e. The number of nitrogens with one attached hydrogen (secondary N) is 3. The van der Waals surface area contributed by atoms with Gasteiger partial charge in [-0.3, -0.25) is 10.0 Å². The van der Waals surface area contributed by atoms with Gasteiger partial charge >= 0.3 is 12.2 Å². The molecule has 12 N–H and O–H groups in total. The van der Waals surface area contributed by atoms with Crippen molar-refractivity contribution in [2.45, 2.75) is 281 Å². The number of carbonyl (C=O) groups is 3. The minimum Gasteiger partial charge on any atom is -0.442 e. The quantitative estimate of drug-likeness (QED) is 0.00999. The summed E-state index contributed by atoms with van der Waals surface area (Å²) in [6.07, 6.45) is 19.9. The van der Waals surface area contributed by atoms with Crippen molar-refractivity contribution in [3.05, 3.63) is 35.4 Å². The predicted molar refractivity (Wildman–Crippen MR) is 306 cm³/mol. The first kappa shape index (κ1) is 72.4. The summed E-state index contributed by atoms with van der Waals surface area (Å²) in [6.45, 7) is 4.24. The van der Waals surface area contributed by atoms with Crippen molar-refractivity contribution >= 4 is 24.3 Å². The summed E-state index contributed by atoms with van der Waals surface area (Å²) in [7, 11) is 0. The Bertz CT molecular complexity index is 1710. The molecule has 3 amide bonds. The maximum absolute atomic E-state index is 13.0. The average Bonchev–Trinajstić information content (AvgIpc) is 3.46. The van der Waals surface area contributed by atoms with Gasteiger partial charge < -0.3 is 75.8 Å². The van der Waals surface area contributed by atoms with Gasteiger partial charge in [0.15, 0.2) is 25.6 Å². The third-order valence-electron chi connectivity index (χ3n) is 15.0. The van der Waals surface area contributed by atoms with Crippen LogP contribution in [-0.2, 0) is 30.3 Å². The monoisotopic (exact) mass is 1140 g/mol. The lowest BCUT2D eigenvalue weighted by Crippen LogP contribution is -2.62. The Morgan fingerprint density at radius 2 is 1.00 bits per heavy atom. The second kappa shape index (κ2) is 44.8. The summed E-state index contributed by atoms with van der Waals surface area (Å²) in [5.74, 6) is -1.12. The smallest absolute Gasteiger partial charge is 0.407 e. The van der Waals surface area contributed by atoms with Crippen LogP contribution in [0.15, 0.2) is 24.3 Å². The van der Waals surface area contributed by atoms with Crippen LogP contribution < -0.4 is 16.0 Å². The van der Waals surface area contributed by atoms with E-state index >= 15 is 0 Å². The van der Waals surface area contributed by atoms with Gasteiger partial charge in [0, 0.05) is 32.1 Å². The third kappa shape index (κ3) is 31.1. The molecule has 0 radical (unpaired) electrons. The molecule has 20 heteroatoms. The number of hydroxylamine groups is 1. The summed E-state index contributed by atoms with van der Waals surface area (Å²) in [5, 5.41) is 101. The Morgan fingerprint density at radius 1 is 0.600 bits per heavy atom. The van der Waals surface area contributed by atoms with E-state index in [-0.39, 0.29) is 19.8 Å². The first-order valence-corrected chi connectivity index (χ1v) is 30.7. The normalized spacial score (nSPS) is 19.2. The number of nitrogens with zero attached hydrogens (tertiary/aromatic N) is 1. The molecule has 1 aromatic rings.